The molecular weight excluding hydrogens is 290 g/mol. The summed E-state index contributed by atoms with van der Waals surface area (Å²) in [6.07, 6.45) is 0. The van der Waals surface area contributed by atoms with Crippen LogP contribution in [0.4, 0.5) is 0 Å². The Labute approximate surface area is 137 Å². The molecule has 2 aromatic carbocycles. The smallest absolute Gasteiger partial charge is 0.248 e. The normalized spacial score (nSPS) is 10.3. The van der Waals surface area contributed by atoms with Gasteiger partial charge in [-0.05, 0) is 24.6 Å². The van der Waals surface area contributed by atoms with E-state index in [4.69, 9.17) is 9.47 Å². The van der Waals surface area contributed by atoms with Crippen LogP contribution in [0.3, 0.4) is 0 Å². The number of benzene rings is 2. The van der Waals surface area contributed by atoms with Gasteiger partial charge in [-0.25, -0.2) is 0 Å². The van der Waals surface area contributed by atoms with Crippen molar-refractivity contribution in [1.82, 2.24) is 4.90 Å². The molecule has 122 valence electrons. The summed E-state index contributed by atoms with van der Waals surface area (Å²) in [5, 5.41) is 0. The predicted octanol–water partition coefficient (Wildman–Crippen LogP) is 3.13. The Kier molecular flexibility index (Phi) is 7.14. The summed E-state index contributed by atoms with van der Waals surface area (Å²) in [5.74, 6) is 0.803. The number of amides is 1. The van der Waals surface area contributed by atoms with Crippen LogP contribution in [0, 0.1) is 0 Å². The van der Waals surface area contributed by atoms with Crippen LogP contribution in [-0.4, -0.2) is 37.2 Å². The van der Waals surface area contributed by atoms with Crippen LogP contribution in [-0.2, 0) is 16.1 Å². The molecule has 0 unspecified atom stereocenters. The van der Waals surface area contributed by atoms with E-state index in [9.17, 15) is 4.79 Å². The molecule has 0 bridgehead atoms. The van der Waals surface area contributed by atoms with Crippen molar-refractivity contribution in [2.24, 2.45) is 0 Å². The first kappa shape index (κ1) is 17.0. The molecule has 2 aromatic rings. The molecule has 4 nitrogen and oxygen atoms in total. The topological polar surface area (TPSA) is 38.8 Å². The summed E-state index contributed by atoms with van der Waals surface area (Å²) in [6, 6.07) is 19.5. The Morgan fingerprint density at radius 3 is 2.26 bits per heavy atom. The highest BCUT2D eigenvalue weighted by molar-refractivity contribution is 5.77. The van der Waals surface area contributed by atoms with E-state index in [-0.39, 0.29) is 12.5 Å². The minimum atomic E-state index is -0.00364. The second kappa shape index (κ2) is 9.64. The third-order valence-electron chi connectivity index (χ3n) is 3.42. The first-order valence-corrected chi connectivity index (χ1v) is 7.87. The summed E-state index contributed by atoms with van der Waals surface area (Å²) in [4.78, 5) is 14.0. The van der Waals surface area contributed by atoms with Gasteiger partial charge in [0.1, 0.15) is 19.0 Å². The lowest BCUT2D eigenvalue weighted by molar-refractivity contribution is -0.136. The molecule has 0 saturated heterocycles. The highest BCUT2D eigenvalue weighted by atomic mass is 16.5. The van der Waals surface area contributed by atoms with Gasteiger partial charge in [-0.15, -0.1) is 0 Å². The van der Waals surface area contributed by atoms with Gasteiger partial charge in [0.2, 0.25) is 5.91 Å². The molecule has 0 aliphatic heterocycles. The fourth-order valence-electron chi connectivity index (χ4n) is 2.17. The molecule has 0 aromatic heterocycles. The molecule has 0 aliphatic carbocycles. The zero-order chi connectivity index (χ0) is 16.3. The van der Waals surface area contributed by atoms with Crippen molar-refractivity contribution >= 4 is 5.91 Å². The van der Waals surface area contributed by atoms with Crippen LogP contribution in [0.15, 0.2) is 60.7 Å². The van der Waals surface area contributed by atoms with Crippen molar-refractivity contribution in [2.45, 2.75) is 13.5 Å². The zero-order valence-corrected chi connectivity index (χ0v) is 13.5. The van der Waals surface area contributed by atoms with Crippen molar-refractivity contribution in [3.8, 4) is 5.75 Å². The average Bonchev–Trinajstić information content (AvgIpc) is 2.61. The largest absolute Gasteiger partial charge is 0.491 e. The fraction of sp³-hybridized carbons (Fsp3) is 0.316. The van der Waals surface area contributed by atoms with E-state index in [2.05, 4.69) is 0 Å². The van der Waals surface area contributed by atoms with Gasteiger partial charge in [0.25, 0.3) is 0 Å². The number of rotatable bonds is 9. The zero-order valence-electron chi connectivity index (χ0n) is 13.5. The molecule has 0 atom stereocenters. The number of nitrogens with zero attached hydrogens (tertiary/aromatic N) is 1. The molecule has 0 N–H and O–H groups in total. The molecular formula is C19H23NO3. The summed E-state index contributed by atoms with van der Waals surface area (Å²) in [5.41, 5.74) is 1.12. The standard InChI is InChI=1S/C19H23NO3/c1-2-20(15-17-9-5-3-6-10-17)19(21)16-22-13-14-23-18-11-7-4-8-12-18/h3-12H,2,13-16H2,1H3. The third kappa shape index (κ3) is 6.12. The van der Waals surface area contributed by atoms with Crippen molar-refractivity contribution in [2.75, 3.05) is 26.4 Å². The van der Waals surface area contributed by atoms with Crippen molar-refractivity contribution in [3.05, 3.63) is 66.2 Å². The summed E-state index contributed by atoms with van der Waals surface area (Å²) in [6.45, 7) is 4.15. The molecule has 0 heterocycles. The summed E-state index contributed by atoms with van der Waals surface area (Å²) in [7, 11) is 0. The van der Waals surface area contributed by atoms with Gasteiger partial charge < -0.3 is 14.4 Å². The number of likely N-dealkylation sites (N-methyl/N-ethyl adjacent to an activating group) is 1. The Morgan fingerprint density at radius 2 is 1.61 bits per heavy atom. The Morgan fingerprint density at radius 1 is 0.957 bits per heavy atom. The minimum Gasteiger partial charge on any atom is -0.491 e. The summed E-state index contributed by atoms with van der Waals surface area (Å²) >= 11 is 0. The quantitative estimate of drug-likeness (QED) is 0.668. The maximum absolute atomic E-state index is 12.2. The maximum Gasteiger partial charge on any atom is 0.248 e. The van der Waals surface area contributed by atoms with Gasteiger partial charge in [-0.3, -0.25) is 4.79 Å². The van der Waals surface area contributed by atoms with E-state index < -0.39 is 0 Å². The van der Waals surface area contributed by atoms with Gasteiger partial charge in [0.15, 0.2) is 0 Å². The van der Waals surface area contributed by atoms with Crippen molar-refractivity contribution in [1.29, 1.82) is 0 Å². The first-order valence-electron chi connectivity index (χ1n) is 7.87. The van der Waals surface area contributed by atoms with Gasteiger partial charge in [0, 0.05) is 13.1 Å². The van der Waals surface area contributed by atoms with Crippen molar-refractivity contribution < 1.29 is 14.3 Å². The van der Waals surface area contributed by atoms with Crippen LogP contribution in [0.25, 0.3) is 0 Å². The van der Waals surface area contributed by atoms with Crippen LogP contribution < -0.4 is 4.74 Å². The number of carbonyl (C=O) groups is 1. The molecule has 0 saturated carbocycles. The van der Waals surface area contributed by atoms with E-state index in [0.29, 0.717) is 26.3 Å². The molecule has 4 heteroatoms. The fourth-order valence-corrected chi connectivity index (χ4v) is 2.17. The molecule has 23 heavy (non-hydrogen) atoms. The van der Waals surface area contributed by atoms with Gasteiger partial charge >= 0.3 is 0 Å². The lowest BCUT2D eigenvalue weighted by Crippen LogP contribution is -2.33. The van der Waals surface area contributed by atoms with E-state index >= 15 is 0 Å². The number of carbonyl (C=O) groups excluding carboxylic acids is 1. The molecule has 0 aliphatic rings. The number of hydrogen-bond acceptors (Lipinski definition) is 3. The SMILES string of the molecule is CCN(Cc1ccccc1)C(=O)COCCOc1ccccc1. The van der Waals surface area contributed by atoms with Gasteiger partial charge in [-0.2, -0.15) is 0 Å². The minimum absolute atomic E-state index is 0.00364. The summed E-state index contributed by atoms with van der Waals surface area (Å²) < 4.78 is 10.9. The van der Waals surface area contributed by atoms with Crippen molar-refractivity contribution in [3.63, 3.8) is 0 Å². The van der Waals surface area contributed by atoms with E-state index in [1.165, 1.54) is 0 Å². The molecule has 1 amide bonds. The molecule has 0 radical (unpaired) electrons. The number of para-hydroxylation sites is 1. The molecule has 0 fully saturated rings. The van der Waals surface area contributed by atoms with Crippen LogP contribution in [0.1, 0.15) is 12.5 Å². The monoisotopic (exact) mass is 313 g/mol. The van der Waals surface area contributed by atoms with Crippen LogP contribution in [0.5, 0.6) is 5.75 Å². The number of hydrogen-bond donors (Lipinski definition) is 0. The lowest BCUT2D eigenvalue weighted by atomic mass is 10.2. The van der Waals surface area contributed by atoms with E-state index in [0.717, 1.165) is 11.3 Å². The maximum atomic E-state index is 12.2. The van der Waals surface area contributed by atoms with E-state index in [1.54, 1.807) is 4.90 Å². The average molecular weight is 313 g/mol. The van der Waals surface area contributed by atoms with Crippen LogP contribution >= 0.6 is 0 Å². The Balaban J connectivity index is 1.66. The van der Waals surface area contributed by atoms with E-state index in [1.807, 2.05) is 67.6 Å². The lowest BCUT2D eigenvalue weighted by Gasteiger charge is -2.21. The highest BCUT2D eigenvalue weighted by Gasteiger charge is 2.12. The number of ether oxygens (including phenoxy) is 2. The predicted molar refractivity (Wildman–Crippen MR) is 90.3 cm³/mol. The van der Waals surface area contributed by atoms with Gasteiger partial charge in [0.05, 0.1) is 6.61 Å². The first-order chi connectivity index (χ1) is 11.3. The Hall–Kier alpha value is -2.33. The third-order valence-corrected chi connectivity index (χ3v) is 3.42. The molecule has 0 spiro atoms. The van der Waals surface area contributed by atoms with Gasteiger partial charge in [-0.1, -0.05) is 48.5 Å². The Bertz CT molecular complexity index is 572. The highest BCUT2D eigenvalue weighted by Crippen LogP contribution is 2.08. The second-order valence-corrected chi connectivity index (χ2v) is 5.11. The van der Waals surface area contributed by atoms with Crippen LogP contribution in [0.2, 0.25) is 0 Å². The molecule has 2 rings (SSSR count). The second-order valence-electron chi connectivity index (χ2n) is 5.11.